The molecule has 5 rings (SSSR count). The van der Waals surface area contributed by atoms with Gasteiger partial charge in [0.1, 0.15) is 11.6 Å². The lowest BCUT2D eigenvalue weighted by Crippen LogP contribution is -2.47. The van der Waals surface area contributed by atoms with Gasteiger partial charge in [-0.15, -0.1) is 10.2 Å². The second-order valence-electron chi connectivity index (χ2n) is 8.89. The molecule has 0 saturated carbocycles. The van der Waals surface area contributed by atoms with Crippen molar-refractivity contribution in [2.75, 3.05) is 40.3 Å². The van der Waals surface area contributed by atoms with Gasteiger partial charge >= 0.3 is 0 Å². The summed E-state index contributed by atoms with van der Waals surface area (Å²) in [6, 6.07) is 21.6. The molecule has 0 N–H and O–H groups in total. The summed E-state index contributed by atoms with van der Waals surface area (Å²) in [5.74, 6) is 1.60. The predicted octanol–water partition coefficient (Wildman–Crippen LogP) is 4.76. The number of methoxy groups -OCH3 is 1. The average molecular weight is 518 g/mol. The molecule has 0 aliphatic carbocycles. The molecule has 4 aromatic rings. The van der Waals surface area contributed by atoms with Crippen LogP contribution < -0.4 is 4.74 Å². The number of carbonyl (C=O) groups excluding carboxylic acids is 1. The van der Waals surface area contributed by atoms with E-state index in [0.717, 1.165) is 43.0 Å². The van der Waals surface area contributed by atoms with Gasteiger partial charge in [-0.3, -0.25) is 9.36 Å². The first-order valence-corrected chi connectivity index (χ1v) is 13.1. The van der Waals surface area contributed by atoms with Gasteiger partial charge in [0.25, 0.3) is 5.91 Å². The number of carbonyl (C=O) groups is 1. The van der Waals surface area contributed by atoms with Crippen molar-refractivity contribution >= 4 is 17.7 Å². The lowest BCUT2D eigenvalue weighted by Gasteiger charge is -2.32. The van der Waals surface area contributed by atoms with Gasteiger partial charge in [-0.05, 0) is 55.1 Å². The van der Waals surface area contributed by atoms with Crippen LogP contribution in [0.5, 0.6) is 5.75 Å². The van der Waals surface area contributed by atoms with Crippen molar-refractivity contribution in [1.29, 1.82) is 0 Å². The van der Waals surface area contributed by atoms with E-state index >= 15 is 0 Å². The van der Waals surface area contributed by atoms with Gasteiger partial charge in [-0.25, -0.2) is 4.39 Å². The minimum Gasteiger partial charge on any atom is -0.497 e. The predicted molar refractivity (Wildman–Crippen MR) is 143 cm³/mol. The van der Waals surface area contributed by atoms with Gasteiger partial charge in [-0.2, -0.15) is 0 Å². The highest BCUT2D eigenvalue weighted by Gasteiger charge is 2.23. The van der Waals surface area contributed by atoms with Crippen LogP contribution in [0.25, 0.3) is 17.1 Å². The molecular weight excluding hydrogens is 489 g/mol. The molecule has 1 aliphatic heterocycles. The van der Waals surface area contributed by atoms with Crippen LogP contribution in [-0.4, -0.2) is 70.8 Å². The Balaban J connectivity index is 1.45. The van der Waals surface area contributed by atoms with E-state index in [1.54, 1.807) is 19.2 Å². The van der Waals surface area contributed by atoms with Crippen LogP contribution in [0.4, 0.5) is 4.39 Å². The van der Waals surface area contributed by atoms with E-state index < -0.39 is 0 Å². The molecule has 0 unspecified atom stereocenters. The highest BCUT2D eigenvalue weighted by molar-refractivity contribution is 7.98. The zero-order valence-electron chi connectivity index (χ0n) is 20.8. The standard InChI is InChI=1S/C28H28FN5O2S/c1-32-14-16-33(17-15-32)27(35)25-9-4-3-6-21(25)19-37-28-31-30-26(20-7-5-8-24(18-20)36-2)34(28)23-12-10-22(29)11-13-23/h3-13,18H,14-17,19H2,1-2H3. The molecule has 2 heterocycles. The zero-order chi connectivity index (χ0) is 25.8. The fourth-order valence-corrected chi connectivity index (χ4v) is 5.27. The Kier molecular flexibility index (Phi) is 7.52. The first kappa shape index (κ1) is 25.0. The molecule has 7 nitrogen and oxygen atoms in total. The number of hydrogen-bond acceptors (Lipinski definition) is 6. The Morgan fingerprint density at radius 3 is 2.49 bits per heavy atom. The van der Waals surface area contributed by atoms with Gasteiger partial charge in [0, 0.05) is 48.7 Å². The fourth-order valence-electron chi connectivity index (χ4n) is 4.31. The van der Waals surface area contributed by atoms with E-state index in [0.29, 0.717) is 28.0 Å². The third kappa shape index (κ3) is 5.52. The first-order valence-electron chi connectivity index (χ1n) is 12.1. The second-order valence-corrected chi connectivity index (χ2v) is 9.83. The summed E-state index contributed by atoms with van der Waals surface area (Å²) in [5, 5.41) is 9.59. The number of thioether (sulfide) groups is 1. The maximum Gasteiger partial charge on any atom is 0.254 e. The summed E-state index contributed by atoms with van der Waals surface area (Å²) in [5.41, 5.74) is 3.22. The highest BCUT2D eigenvalue weighted by atomic mass is 32.2. The number of halogens is 1. The Morgan fingerprint density at radius 2 is 1.73 bits per heavy atom. The van der Waals surface area contributed by atoms with E-state index in [1.165, 1.54) is 23.9 Å². The summed E-state index contributed by atoms with van der Waals surface area (Å²) < 4.78 is 21.0. The number of piperazine rings is 1. The molecule has 190 valence electrons. The number of aromatic nitrogens is 3. The van der Waals surface area contributed by atoms with Crippen molar-refractivity contribution in [1.82, 2.24) is 24.6 Å². The molecule has 37 heavy (non-hydrogen) atoms. The van der Waals surface area contributed by atoms with Gasteiger partial charge < -0.3 is 14.5 Å². The van der Waals surface area contributed by atoms with Crippen molar-refractivity contribution in [2.24, 2.45) is 0 Å². The summed E-state index contributed by atoms with van der Waals surface area (Å²) in [4.78, 5) is 17.5. The molecular formula is C28H28FN5O2S. The minimum absolute atomic E-state index is 0.0568. The third-order valence-electron chi connectivity index (χ3n) is 6.44. The summed E-state index contributed by atoms with van der Waals surface area (Å²) in [6.07, 6.45) is 0. The van der Waals surface area contributed by atoms with Crippen LogP contribution in [0.3, 0.4) is 0 Å². The number of amides is 1. The molecule has 1 saturated heterocycles. The molecule has 0 atom stereocenters. The van der Waals surface area contributed by atoms with Crippen molar-refractivity contribution in [3.05, 3.63) is 89.7 Å². The summed E-state index contributed by atoms with van der Waals surface area (Å²) in [6.45, 7) is 3.19. The number of nitrogens with zero attached hydrogens (tertiary/aromatic N) is 5. The lowest BCUT2D eigenvalue weighted by molar-refractivity contribution is 0.0663. The Hall–Kier alpha value is -3.69. The SMILES string of the molecule is COc1cccc(-c2nnc(SCc3ccccc3C(=O)N3CCN(C)CC3)n2-c2ccc(F)cc2)c1. The van der Waals surface area contributed by atoms with Crippen molar-refractivity contribution in [3.63, 3.8) is 0 Å². The van der Waals surface area contributed by atoms with E-state index in [2.05, 4.69) is 22.1 Å². The maximum absolute atomic E-state index is 13.7. The average Bonchev–Trinajstić information content (AvgIpc) is 3.36. The molecule has 0 bridgehead atoms. The molecule has 3 aromatic carbocycles. The van der Waals surface area contributed by atoms with E-state index in [9.17, 15) is 9.18 Å². The number of benzene rings is 3. The highest BCUT2D eigenvalue weighted by Crippen LogP contribution is 2.32. The number of likely N-dealkylation sites (N-methyl/N-ethyl adjacent to an activating group) is 1. The van der Waals surface area contributed by atoms with Crippen LogP contribution in [-0.2, 0) is 5.75 Å². The van der Waals surface area contributed by atoms with E-state index in [4.69, 9.17) is 4.74 Å². The molecule has 1 fully saturated rings. The quantitative estimate of drug-likeness (QED) is 0.330. The molecule has 1 aliphatic rings. The van der Waals surface area contributed by atoms with Gasteiger partial charge in [0.2, 0.25) is 0 Å². The fraction of sp³-hybridized carbons (Fsp3) is 0.250. The smallest absolute Gasteiger partial charge is 0.254 e. The first-order chi connectivity index (χ1) is 18.0. The number of rotatable bonds is 7. The van der Waals surface area contributed by atoms with Crippen LogP contribution in [0.2, 0.25) is 0 Å². The molecule has 0 spiro atoms. The summed E-state index contributed by atoms with van der Waals surface area (Å²) in [7, 11) is 3.69. The maximum atomic E-state index is 13.7. The third-order valence-corrected chi connectivity index (χ3v) is 7.42. The summed E-state index contributed by atoms with van der Waals surface area (Å²) >= 11 is 1.49. The van der Waals surface area contributed by atoms with Crippen molar-refractivity contribution < 1.29 is 13.9 Å². The minimum atomic E-state index is -0.315. The Bertz CT molecular complexity index is 1380. The lowest BCUT2D eigenvalue weighted by atomic mass is 10.1. The second kappa shape index (κ2) is 11.1. The van der Waals surface area contributed by atoms with Crippen LogP contribution in [0, 0.1) is 5.82 Å². The normalized spacial score (nSPS) is 14.1. The molecule has 0 radical (unpaired) electrons. The van der Waals surface area contributed by atoms with Crippen LogP contribution in [0.15, 0.2) is 78.0 Å². The Morgan fingerprint density at radius 1 is 0.973 bits per heavy atom. The molecule has 1 amide bonds. The van der Waals surface area contributed by atoms with Gasteiger partial charge in [0.15, 0.2) is 11.0 Å². The Labute approximate surface area is 219 Å². The molecule has 1 aromatic heterocycles. The van der Waals surface area contributed by atoms with Crippen LogP contribution in [0.1, 0.15) is 15.9 Å². The topological polar surface area (TPSA) is 63.5 Å². The number of hydrogen-bond donors (Lipinski definition) is 0. The van der Waals surface area contributed by atoms with E-state index in [-0.39, 0.29) is 11.7 Å². The van der Waals surface area contributed by atoms with Crippen LogP contribution >= 0.6 is 11.8 Å². The van der Waals surface area contributed by atoms with Gasteiger partial charge in [0.05, 0.1) is 7.11 Å². The largest absolute Gasteiger partial charge is 0.497 e. The van der Waals surface area contributed by atoms with Crippen molar-refractivity contribution in [3.8, 4) is 22.8 Å². The van der Waals surface area contributed by atoms with Gasteiger partial charge in [-0.1, -0.05) is 42.1 Å². The van der Waals surface area contributed by atoms with Crippen molar-refractivity contribution in [2.45, 2.75) is 10.9 Å². The van der Waals surface area contributed by atoms with E-state index in [1.807, 2.05) is 58.0 Å². The number of ether oxygens (including phenoxy) is 1. The molecule has 9 heteroatoms. The monoisotopic (exact) mass is 517 g/mol. The zero-order valence-corrected chi connectivity index (χ0v) is 21.6.